The van der Waals surface area contributed by atoms with E-state index in [0.29, 0.717) is 11.3 Å². The molecule has 2 saturated heterocycles. The fourth-order valence-electron chi connectivity index (χ4n) is 6.95. The SMILES string of the molecule is C[C@H]1[C@H]([Si](C)(C)F)[C@@H](CC(=O)N(CCO)Cc2ccccc2)O[C@]12C(=O)Nc1ccc(NC(=O)[C@H]3O[C@@H](O)[C@H](O)[C@@H](O)[C@@H]3O)cc12. The average molecular weight is 662 g/mol. The number of rotatable bonds is 9. The highest BCUT2D eigenvalue weighted by molar-refractivity contribution is 6.72. The predicted octanol–water partition coefficient (Wildman–Crippen LogP) is 0.563. The van der Waals surface area contributed by atoms with Crippen molar-refractivity contribution in [2.75, 3.05) is 23.8 Å². The molecule has 2 aromatic rings. The highest BCUT2D eigenvalue weighted by Crippen LogP contribution is 2.59. The smallest absolute Gasteiger partial charge is 0.261 e. The normalized spacial score (nSPS) is 32.2. The molecule has 7 N–H and O–H groups in total. The molecule has 1 spiro atoms. The van der Waals surface area contributed by atoms with Gasteiger partial charge in [0.05, 0.1) is 19.1 Å². The van der Waals surface area contributed by atoms with E-state index in [1.807, 2.05) is 30.3 Å². The lowest BCUT2D eigenvalue weighted by atomic mass is 9.82. The molecule has 0 aromatic heterocycles. The second kappa shape index (κ2) is 13.1. The Bertz CT molecular complexity index is 1460. The Hall–Kier alpha value is -3.28. The maximum absolute atomic E-state index is 16.1. The van der Waals surface area contributed by atoms with Gasteiger partial charge in [-0.2, -0.15) is 0 Å². The van der Waals surface area contributed by atoms with Gasteiger partial charge >= 0.3 is 0 Å². The Morgan fingerprint density at radius 2 is 1.76 bits per heavy atom. The van der Waals surface area contributed by atoms with Crippen molar-refractivity contribution in [2.24, 2.45) is 5.92 Å². The fourth-order valence-corrected chi connectivity index (χ4v) is 9.45. The molecule has 3 aliphatic rings. The third-order valence-electron chi connectivity index (χ3n) is 9.14. The lowest BCUT2D eigenvalue weighted by molar-refractivity contribution is -0.274. The van der Waals surface area contributed by atoms with Crippen molar-refractivity contribution < 1.29 is 53.5 Å². The summed E-state index contributed by atoms with van der Waals surface area (Å²) in [5.74, 6) is -2.57. The Kier molecular flexibility index (Phi) is 9.69. The number of benzene rings is 2. The highest BCUT2D eigenvalue weighted by atomic mass is 28.4. The van der Waals surface area contributed by atoms with Gasteiger partial charge in [0.15, 0.2) is 18.0 Å². The molecule has 0 saturated carbocycles. The van der Waals surface area contributed by atoms with Crippen LogP contribution in [0.3, 0.4) is 0 Å². The van der Waals surface area contributed by atoms with E-state index in [9.17, 15) is 39.9 Å². The third kappa shape index (κ3) is 6.21. The lowest BCUT2D eigenvalue weighted by Crippen LogP contribution is -2.60. The first-order valence-electron chi connectivity index (χ1n) is 15.1. The molecular weight excluding hydrogens is 621 g/mol. The van der Waals surface area contributed by atoms with Crippen LogP contribution in [0, 0.1) is 5.92 Å². The minimum Gasteiger partial charge on any atom is -0.395 e. The van der Waals surface area contributed by atoms with Crippen molar-refractivity contribution >= 4 is 37.5 Å². The van der Waals surface area contributed by atoms with Crippen molar-refractivity contribution in [1.29, 1.82) is 0 Å². The van der Waals surface area contributed by atoms with Crippen LogP contribution in [0.2, 0.25) is 18.6 Å². The van der Waals surface area contributed by atoms with E-state index < -0.39 is 74.1 Å². The molecule has 3 amide bonds. The average Bonchev–Trinajstić information content (AvgIpc) is 3.46. The van der Waals surface area contributed by atoms with Gasteiger partial charge in [0.1, 0.15) is 18.3 Å². The van der Waals surface area contributed by atoms with E-state index >= 15 is 4.11 Å². The number of ether oxygens (including phenoxy) is 2. The number of aliphatic hydroxyl groups is 5. The van der Waals surface area contributed by atoms with Gasteiger partial charge in [0.25, 0.3) is 11.8 Å². The maximum Gasteiger partial charge on any atom is 0.261 e. The summed E-state index contributed by atoms with van der Waals surface area (Å²) < 4.78 is 27.6. The molecule has 0 bridgehead atoms. The van der Waals surface area contributed by atoms with Gasteiger partial charge < -0.3 is 54.6 Å². The van der Waals surface area contributed by atoms with E-state index in [1.54, 1.807) is 6.92 Å². The number of halogens is 1. The third-order valence-corrected chi connectivity index (χ3v) is 11.6. The monoisotopic (exact) mass is 661 g/mol. The van der Waals surface area contributed by atoms with E-state index in [-0.39, 0.29) is 37.7 Å². The highest BCUT2D eigenvalue weighted by Gasteiger charge is 2.65. The number of amides is 3. The Balaban J connectivity index is 1.42. The zero-order valence-corrected chi connectivity index (χ0v) is 26.7. The molecule has 15 heteroatoms. The molecular formula is C31H40FN3O10Si. The molecule has 250 valence electrons. The van der Waals surface area contributed by atoms with Crippen LogP contribution in [0.25, 0.3) is 0 Å². The van der Waals surface area contributed by atoms with E-state index in [0.717, 1.165) is 5.56 Å². The zero-order valence-electron chi connectivity index (χ0n) is 25.7. The number of fused-ring (bicyclic) bond motifs is 2. The summed E-state index contributed by atoms with van der Waals surface area (Å²) >= 11 is 0. The van der Waals surface area contributed by atoms with E-state index in [1.165, 1.54) is 36.2 Å². The van der Waals surface area contributed by atoms with Crippen molar-refractivity contribution in [2.45, 2.75) is 80.9 Å². The molecule has 3 aliphatic heterocycles. The van der Waals surface area contributed by atoms with Gasteiger partial charge in [0.2, 0.25) is 14.3 Å². The maximum atomic E-state index is 16.1. The number of aliphatic hydroxyl groups excluding tert-OH is 5. The van der Waals surface area contributed by atoms with Gasteiger partial charge in [-0.05, 0) is 36.9 Å². The first-order chi connectivity index (χ1) is 21.7. The number of hydrogen-bond donors (Lipinski definition) is 7. The lowest BCUT2D eigenvalue weighted by Gasteiger charge is -2.37. The van der Waals surface area contributed by atoms with Crippen LogP contribution in [-0.4, -0.2) is 107 Å². The Morgan fingerprint density at radius 1 is 1.07 bits per heavy atom. The van der Waals surface area contributed by atoms with Crippen molar-refractivity contribution in [3.63, 3.8) is 0 Å². The van der Waals surface area contributed by atoms with Crippen LogP contribution in [0.1, 0.15) is 24.5 Å². The summed E-state index contributed by atoms with van der Waals surface area (Å²) in [6, 6.07) is 13.7. The summed E-state index contributed by atoms with van der Waals surface area (Å²) in [6.07, 6.45) is -10.3. The van der Waals surface area contributed by atoms with Crippen molar-refractivity contribution in [1.82, 2.24) is 4.90 Å². The molecule has 9 atom stereocenters. The van der Waals surface area contributed by atoms with Crippen molar-refractivity contribution in [3.05, 3.63) is 59.7 Å². The van der Waals surface area contributed by atoms with Crippen LogP contribution < -0.4 is 10.6 Å². The number of carbonyl (C=O) groups excluding carboxylic acids is 3. The first kappa shape index (κ1) is 34.1. The zero-order chi connectivity index (χ0) is 33.6. The Morgan fingerprint density at radius 3 is 2.41 bits per heavy atom. The van der Waals surface area contributed by atoms with E-state index in [2.05, 4.69) is 10.6 Å². The van der Waals surface area contributed by atoms with Gasteiger partial charge in [0, 0.05) is 41.5 Å². The van der Waals surface area contributed by atoms with Crippen LogP contribution in [-0.2, 0) is 36.0 Å². The summed E-state index contributed by atoms with van der Waals surface area (Å²) in [4.78, 5) is 41.8. The molecule has 3 heterocycles. The van der Waals surface area contributed by atoms with E-state index in [4.69, 9.17) is 9.47 Å². The molecule has 13 nitrogen and oxygen atoms in total. The standard InChI is InChI=1S/C31H40FN3O10Si/c1-16-27(46(2,3)32)21(14-22(37)35(11-12-36)15-17-7-5-4-6-8-17)45-31(16)19-13-18(9-10-20(19)34-30(31)43)33-28(41)26-24(39)23(38)25(40)29(42)44-26/h4-10,13,16,21,23-27,29,36,38-40,42H,11-12,14-15H2,1-3H3,(H,33,41)(H,34,43)/t16-,21+,23-,24-,25+,26-,27-,29+,31+/m0/s1. The minimum atomic E-state index is -3.58. The Labute approximate surface area is 266 Å². The number of nitrogens with zero attached hydrogens (tertiary/aromatic N) is 1. The largest absolute Gasteiger partial charge is 0.395 e. The molecule has 0 radical (unpaired) electrons. The topological polar surface area (TPSA) is 198 Å². The molecule has 2 aromatic carbocycles. The quantitative estimate of drug-likeness (QED) is 0.147. The molecule has 2 fully saturated rings. The van der Waals surface area contributed by atoms with Crippen molar-refractivity contribution in [3.8, 4) is 0 Å². The van der Waals surface area contributed by atoms with Crippen LogP contribution >= 0.6 is 0 Å². The summed E-state index contributed by atoms with van der Waals surface area (Å²) in [6.45, 7) is 4.73. The van der Waals surface area contributed by atoms with Gasteiger partial charge in [-0.15, -0.1) is 0 Å². The fraction of sp³-hybridized carbons (Fsp3) is 0.516. The number of hydrogen-bond acceptors (Lipinski definition) is 10. The van der Waals surface area contributed by atoms with Gasteiger partial charge in [-0.25, -0.2) is 0 Å². The second-order valence-electron chi connectivity index (χ2n) is 12.6. The number of anilines is 2. The first-order valence-corrected chi connectivity index (χ1v) is 18.1. The summed E-state index contributed by atoms with van der Waals surface area (Å²) in [5.41, 5.74) is -0.791. The van der Waals surface area contributed by atoms with Crippen LogP contribution in [0.15, 0.2) is 48.5 Å². The number of nitrogens with one attached hydrogen (secondary N) is 2. The molecule has 5 rings (SSSR count). The molecule has 0 unspecified atom stereocenters. The van der Waals surface area contributed by atoms with Gasteiger partial charge in [-0.1, -0.05) is 37.3 Å². The minimum absolute atomic E-state index is 0.0566. The van der Waals surface area contributed by atoms with Gasteiger partial charge in [-0.3, -0.25) is 14.4 Å². The summed E-state index contributed by atoms with van der Waals surface area (Å²) in [5, 5.41) is 54.8. The van der Waals surface area contributed by atoms with Crippen LogP contribution in [0.5, 0.6) is 0 Å². The summed E-state index contributed by atoms with van der Waals surface area (Å²) in [7, 11) is -3.58. The number of carbonyl (C=O) groups is 3. The predicted molar refractivity (Wildman–Crippen MR) is 164 cm³/mol. The molecule has 46 heavy (non-hydrogen) atoms. The molecule has 0 aliphatic carbocycles. The van der Waals surface area contributed by atoms with Crippen LogP contribution in [0.4, 0.5) is 15.5 Å². The second-order valence-corrected chi connectivity index (χ2v) is 16.4.